The van der Waals surface area contributed by atoms with E-state index in [0.717, 1.165) is 4.47 Å². The van der Waals surface area contributed by atoms with Gasteiger partial charge in [-0.05, 0) is 36.4 Å². The molecular formula is C16H17BrN2O5S. The fourth-order valence-electron chi connectivity index (χ4n) is 2.06. The molecule has 0 aromatic heterocycles. The van der Waals surface area contributed by atoms with Gasteiger partial charge < -0.3 is 14.2 Å². The third-order valence-corrected chi connectivity index (χ3v) is 5.00. The molecule has 2 rings (SSSR count). The molecule has 0 amide bonds. The van der Waals surface area contributed by atoms with Gasteiger partial charge in [0.15, 0.2) is 11.5 Å². The number of methoxy groups -OCH3 is 3. The molecule has 0 radical (unpaired) electrons. The molecule has 2 aromatic carbocycles. The first-order valence-corrected chi connectivity index (χ1v) is 9.30. The second kappa shape index (κ2) is 8.21. The molecule has 0 spiro atoms. The van der Waals surface area contributed by atoms with Crippen LogP contribution in [0.25, 0.3) is 0 Å². The predicted octanol–water partition coefficient (Wildman–Crippen LogP) is 2.79. The van der Waals surface area contributed by atoms with Crippen molar-refractivity contribution in [1.82, 2.24) is 4.83 Å². The molecule has 0 saturated heterocycles. The third-order valence-electron chi connectivity index (χ3n) is 3.24. The van der Waals surface area contributed by atoms with Gasteiger partial charge in [-0.3, -0.25) is 0 Å². The normalized spacial score (nSPS) is 11.4. The SMILES string of the molecule is COc1ccc(C=NNS(=O)(=O)c2ccc(Br)cc2)c(OC)c1OC. The van der Waals surface area contributed by atoms with Gasteiger partial charge >= 0.3 is 0 Å². The average molecular weight is 429 g/mol. The Hall–Kier alpha value is -2.26. The van der Waals surface area contributed by atoms with Gasteiger partial charge in [0.05, 0.1) is 32.4 Å². The quantitative estimate of drug-likeness (QED) is 0.541. The van der Waals surface area contributed by atoms with Crippen LogP contribution in [0.5, 0.6) is 17.2 Å². The van der Waals surface area contributed by atoms with E-state index in [9.17, 15) is 8.42 Å². The van der Waals surface area contributed by atoms with Crippen LogP contribution in [0.1, 0.15) is 5.56 Å². The molecule has 0 atom stereocenters. The average Bonchev–Trinajstić information content (AvgIpc) is 2.61. The van der Waals surface area contributed by atoms with Crippen molar-refractivity contribution in [2.75, 3.05) is 21.3 Å². The number of sulfonamides is 1. The summed E-state index contributed by atoms with van der Waals surface area (Å²) < 4.78 is 41.0. The van der Waals surface area contributed by atoms with Crippen LogP contribution >= 0.6 is 15.9 Å². The highest BCUT2D eigenvalue weighted by molar-refractivity contribution is 9.10. The lowest BCUT2D eigenvalue weighted by Gasteiger charge is -2.13. The first-order valence-electron chi connectivity index (χ1n) is 7.02. The second-order valence-corrected chi connectivity index (χ2v) is 7.31. The summed E-state index contributed by atoms with van der Waals surface area (Å²) in [4.78, 5) is 2.26. The highest BCUT2D eigenvalue weighted by Crippen LogP contribution is 2.38. The van der Waals surface area contributed by atoms with Crippen molar-refractivity contribution in [2.24, 2.45) is 5.10 Å². The third kappa shape index (κ3) is 4.43. The van der Waals surface area contributed by atoms with Crippen LogP contribution in [0, 0.1) is 0 Å². The Balaban J connectivity index is 2.26. The van der Waals surface area contributed by atoms with Gasteiger partial charge in [-0.1, -0.05) is 15.9 Å². The smallest absolute Gasteiger partial charge is 0.276 e. The van der Waals surface area contributed by atoms with Crippen molar-refractivity contribution >= 4 is 32.2 Å². The van der Waals surface area contributed by atoms with Crippen LogP contribution in [-0.4, -0.2) is 36.0 Å². The Kier molecular flexibility index (Phi) is 6.27. The second-order valence-electron chi connectivity index (χ2n) is 4.73. The zero-order valence-corrected chi connectivity index (χ0v) is 16.2. The summed E-state index contributed by atoms with van der Waals surface area (Å²) in [6.45, 7) is 0. The molecule has 0 aliphatic rings. The van der Waals surface area contributed by atoms with Gasteiger partial charge in [-0.15, -0.1) is 0 Å². The maximum atomic E-state index is 12.2. The molecule has 0 aliphatic heterocycles. The number of nitrogens with one attached hydrogen (secondary N) is 1. The molecule has 0 fully saturated rings. The lowest BCUT2D eigenvalue weighted by molar-refractivity contribution is 0.324. The van der Waals surface area contributed by atoms with E-state index >= 15 is 0 Å². The number of hydrazone groups is 1. The Morgan fingerprint density at radius 3 is 2.16 bits per heavy atom. The summed E-state index contributed by atoms with van der Waals surface area (Å²) in [5, 5.41) is 3.80. The van der Waals surface area contributed by atoms with Crippen molar-refractivity contribution in [1.29, 1.82) is 0 Å². The molecule has 9 heteroatoms. The molecule has 7 nitrogen and oxygen atoms in total. The Labute approximate surface area is 154 Å². The summed E-state index contributed by atoms with van der Waals surface area (Å²) in [7, 11) is 0.707. The number of ether oxygens (including phenoxy) is 3. The number of nitrogens with zero attached hydrogens (tertiary/aromatic N) is 1. The molecule has 25 heavy (non-hydrogen) atoms. The van der Waals surface area contributed by atoms with E-state index in [-0.39, 0.29) is 4.90 Å². The van der Waals surface area contributed by atoms with E-state index in [1.54, 1.807) is 24.3 Å². The molecule has 0 unspecified atom stereocenters. The molecule has 134 valence electrons. The highest BCUT2D eigenvalue weighted by Gasteiger charge is 2.15. The van der Waals surface area contributed by atoms with Gasteiger partial charge in [-0.2, -0.15) is 13.5 Å². The van der Waals surface area contributed by atoms with E-state index < -0.39 is 10.0 Å². The van der Waals surface area contributed by atoms with Crippen LogP contribution in [-0.2, 0) is 10.0 Å². The van der Waals surface area contributed by atoms with Crippen LogP contribution in [0.4, 0.5) is 0 Å². The standard InChI is InChI=1S/C16H17BrN2O5S/c1-22-14-9-4-11(15(23-2)16(14)24-3)10-18-19-25(20,21)13-7-5-12(17)6-8-13/h4-10,19H,1-3H3. The topological polar surface area (TPSA) is 86.2 Å². The van der Waals surface area contributed by atoms with Gasteiger partial charge in [-0.25, -0.2) is 4.83 Å². The first-order chi connectivity index (χ1) is 11.9. The lowest BCUT2D eigenvalue weighted by Crippen LogP contribution is -2.18. The summed E-state index contributed by atoms with van der Waals surface area (Å²) >= 11 is 3.26. The number of benzene rings is 2. The summed E-state index contributed by atoms with van der Waals surface area (Å²) in [5.41, 5.74) is 0.527. The van der Waals surface area contributed by atoms with Gasteiger partial charge in [0.2, 0.25) is 5.75 Å². The fourth-order valence-corrected chi connectivity index (χ4v) is 3.11. The Morgan fingerprint density at radius 1 is 0.960 bits per heavy atom. The predicted molar refractivity (Wildman–Crippen MR) is 98.2 cm³/mol. The van der Waals surface area contributed by atoms with Crippen LogP contribution in [0.2, 0.25) is 0 Å². The summed E-state index contributed by atoms with van der Waals surface area (Å²) in [5.74, 6) is 1.27. The largest absolute Gasteiger partial charge is 0.493 e. The number of hydrogen-bond donors (Lipinski definition) is 1. The van der Waals surface area contributed by atoms with E-state index in [1.807, 2.05) is 0 Å². The lowest BCUT2D eigenvalue weighted by atomic mass is 10.2. The highest BCUT2D eigenvalue weighted by atomic mass is 79.9. The van der Waals surface area contributed by atoms with E-state index in [1.165, 1.54) is 39.7 Å². The first kappa shape index (κ1) is 19.1. The fraction of sp³-hybridized carbons (Fsp3) is 0.188. The zero-order chi connectivity index (χ0) is 18.4. The Morgan fingerprint density at radius 2 is 1.60 bits per heavy atom. The van der Waals surface area contributed by atoms with Gasteiger partial charge in [0.1, 0.15) is 0 Å². The Bertz CT molecular complexity index is 867. The van der Waals surface area contributed by atoms with Crippen LogP contribution in [0.15, 0.2) is 50.9 Å². The molecule has 0 bridgehead atoms. The number of hydrogen-bond acceptors (Lipinski definition) is 6. The van der Waals surface area contributed by atoms with Crippen molar-refractivity contribution < 1.29 is 22.6 Å². The van der Waals surface area contributed by atoms with E-state index in [2.05, 4.69) is 25.9 Å². The maximum absolute atomic E-state index is 12.2. The van der Waals surface area contributed by atoms with Crippen molar-refractivity contribution in [3.8, 4) is 17.2 Å². The summed E-state index contributed by atoms with van der Waals surface area (Å²) in [6.07, 6.45) is 1.33. The van der Waals surface area contributed by atoms with Gasteiger partial charge in [0.25, 0.3) is 10.0 Å². The monoisotopic (exact) mass is 428 g/mol. The maximum Gasteiger partial charge on any atom is 0.276 e. The van der Waals surface area contributed by atoms with Gasteiger partial charge in [0, 0.05) is 10.0 Å². The molecule has 0 heterocycles. The molecule has 0 aliphatic carbocycles. The van der Waals surface area contributed by atoms with Crippen molar-refractivity contribution in [3.05, 3.63) is 46.4 Å². The van der Waals surface area contributed by atoms with E-state index in [4.69, 9.17) is 14.2 Å². The van der Waals surface area contributed by atoms with Crippen LogP contribution < -0.4 is 19.0 Å². The minimum Gasteiger partial charge on any atom is -0.493 e. The van der Waals surface area contributed by atoms with Crippen LogP contribution in [0.3, 0.4) is 0 Å². The van der Waals surface area contributed by atoms with Crippen molar-refractivity contribution in [3.63, 3.8) is 0 Å². The minimum atomic E-state index is -3.76. The molecule has 1 N–H and O–H groups in total. The molecule has 0 saturated carbocycles. The molecule has 2 aromatic rings. The van der Waals surface area contributed by atoms with E-state index in [0.29, 0.717) is 22.8 Å². The summed E-state index contributed by atoms with van der Waals surface area (Å²) in [6, 6.07) is 9.56. The number of rotatable bonds is 7. The van der Waals surface area contributed by atoms with Crippen molar-refractivity contribution in [2.45, 2.75) is 4.90 Å². The molecular weight excluding hydrogens is 412 g/mol. The minimum absolute atomic E-state index is 0.104. The zero-order valence-electron chi connectivity index (χ0n) is 13.8. The number of halogens is 1.